The molecule has 1 fully saturated rings. The number of benzene rings is 1. The van der Waals surface area contributed by atoms with Crippen LogP contribution in [0.4, 0.5) is 5.69 Å². The van der Waals surface area contributed by atoms with E-state index in [4.69, 9.17) is 6.42 Å². The van der Waals surface area contributed by atoms with Gasteiger partial charge in [0.25, 0.3) is 0 Å². The summed E-state index contributed by atoms with van der Waals surface area (Å²) in [5.74, 6) is 2.54. The molecular formula is C15H17N3. The highest BCUT2D eigenvalue weighted by Crippen LogP contribution is 2.25. The SMILES string of the molecule is C#CCNC1(C#N)CCN(c2ccccc2)CC1. The lowest BCUT2D eigenvalue weighted by Crippen LogP contribution is -2.52. The van der Waals surface area contributed by atoms with Crippen LogP contribution in [0.1, 0.15) is 12.8 Å². The largest absolute Gasteiger partial charge is 0.371 e. The Balaban J connectivity index is 1.99. The number of nitrogens with zero attached hydrogens (tertiary/aromatic N) is 2. The number of nitriles is 1. The van der Waals surface area contributed by atoms with Gasteiger partial charge in [0.05, 0.1) is 12.6 Å². The average Bonchev–Trinajstić information content (AvgIpc) is 2.47. The van der Waals surface area contributed by atoms with Gasteiger partial charge in [-0.2, -0.15) is 5.26 Å². The van der Waals surface area contributed by atoms with Crippen LogP contribution < -0.4 is 10.2 Å². The third kappa shape index (κ3) is 2.64. The molecule has 1 aromatic carbocycles. The van der Waals surface area contributed by atoms with Crippen LogP contribution in [-0.4, -0.2) is 25.2 Å². The first-order valence-corrected chi connectivity index (χ1v) is 6.19. The maximum absolute atomic E-state index is 9.33. The Hall–Kier alpha value is -1.97. The highest BCUT2D eigenvalue weighted by atomic mass is 15.2. The van der Waals surface area contributed by atoms with Crippen LogP contribution in [-0.2, 0) is 0 Å². The topological polar surface area (TPSA) is 39.1 Å². The molecule has 1 aliphatic rings. The zero-order chi connectivity index (χ0) is 12.8. The van der Waals surface area contributed by atoms with Crippen molar-refractivity contribution in [2.45, 2.75) is 18.4 Å². The second kappa shape index (κ2) is 5.58. The predicted molar refractivity (Wildman–Crippen MR) is 73.1 cm³/mol. The van der Waals surface area contributed by atoms with E-state index < -0.39 is 5.54 Å². The number of anilines is 1. The minimum atomic E-state index is -0.447. The Bertz CT molecular complexity index is 459. The number of piperidine rings is 1. The molecule has 1 aliphatic heterocycles. The van der Waals surface area contributed by atoms with Crippen LogP contribution in [0, 0.1) is 23.7 Å². The number of nitrogens with one attached hydrogen (secondary N) is 1. The Labute approximate surface area is 108 Å². The van der Waals surface area contributed by atoms with Gasteiger partial charge in [-0.15, -0.1) is 6.42 Å². The quantitative estimate of drug-likeness (QED) is 0.817. The Kier molecular flexibility index (Phi) is 3.87. The molecule has 0 aliphatic carbocycles. The summed E-state index contributed by atoms with van der Waals surface area (Å²) in [6, 6.07) is 12.7. The molecule has 92 valence electrons. The van der Waals surface area contributed by atoms with Gasteiger partial charge in [-0.1, -0.05) is 24.1 Å². The molecule has 18 heavy (non-hydrogen) atoms. The first-order valence-electron chi connectivity index (χ1n) is 6.19. The van der Waals surface area contributed by atoms with Crippen molar-refractivity contribution in [3.8, 4) is 18.4 Å². The van der Waals surface area contributed by atoms with E-state index in [1.807, 2.05) is 18.2 Å². The summed E-state index contributed by atoms with van der Waals surface area (Å²) in [7, 11) is 0. The highest BCUT2D eigenvalue weighted by Gasteiger charge is 2.33. The highest BCUT2D eigenvalue weighted by molar-refractivity contribution is 5.46. The van der Waals surface area contributed by atoms with E-state index in [1.165, 1.54) is 5.69 Å². The maximum atomic E-state index is 9.33. The van der Waals surface area contributed by atoms with Crippen LogP contribution in [0.15, 0.2) is 30.3 Å². The van der Waals surface area contributed by atoms with Gasteiger partial charge in [0.15, 0.2) is 0 Å². The van der Waals surface area contributed by atoms with Crippen LogP contribution in [0.2, 0.25) is 0 Å². The van der Waals surface area contributed by atoms with Crippen LogP contribution in [0.3, 0.4) is 0 Å². The number of hydrogen-bond acceptors (Lipinski definition) is 3. The minimum absolute atomic E-state index is 0.447. The van der Waals surface area contributed by atoms with Crippen molar-refractivity contribution in [3.63, 3.8) is 0 Å². The monoisotopic (exact) mass is 239 g/mol. The second-order valence-corrected chi connectivity index (χ2v) is 4.57. The van der Waals surface area contributed by atoms with E-state index in [9.17, 15) is 5.26 Å². The molecule has 1 saturated heterocycles. The number of terminal acetylenes is 1. The molecule has 0 radical (unpaired) electrons. The van der Waals surface area contributed by atoms with Gasteiger partial charge >= 0.3 is 0 Å². The van der Waals surface area contributed by atoms with Crippen molar-refractivity contribution >= 4 is 5.69 Å². The zero-order valence-corrected chi connectivity index (χ0v) is 10.4. The van der Waals surface area contributed by atoms with Gasteiger partial charge < -0.3 is 4.90 Å². The van der Waals surface area contributed by atoms with E-state index in [1.54, 1.807) is 0 Å². The fourth-order valence-corrected chi connectivity index (χ4v) is 2.33. The second-order valence-electron chi connectivity index (χ2n) is 4.57. The van der Waals surface area contributed by atoms with Crippen molar-refractivity contribution in [1.29, 1.82) is 5.26 Å². The third-order valence-electron chi connectivity index (χ3n) is 3.48. The summed E-state index contributed by atoms with van der Waals surface area (Å²) in [5.41, 5.74) is 0.776. The van der Waals surface area contributed by atoms with Crippen molar-refractivity contribution in [2.24, 2.45) is 0 Å². The smallest absolute Gasteiger partial charge is 0.110 e. The maximum Gasteiger partial charge on any atom is 0.110 e. The molecule has 2 rings (SSSR count). The molecule has 1 heterocycles. The molecule has 1 aromatic rings. The van der Waals surface area contributed by atoms with E-state index in [0.717, 1.165) is 25.9 Å². The predicted octanol–water partition coefficient (Wildman–Crippen LogP) is 1.77. The number of hydrogen-bond donors (Lipinski definition) is 1. The van der Waals surface area contributed by atoms with E-state index in [-0.39, 0.29) is 0 Å². The van der Waals surface area contributed by atoms with Crippen molar-refractivity contribution in [2.75, 3.05) is 24.5 Å². The summed E-state index contributed by atoms with van der Waals surface area (Å²) >= 11 is 0. The molecule has 3 heteroatoms. The molecule has 3 nitrogen and oxygen atoms in total. The Morgan fingerprint density at radius 2 is 1.94 bits per heavy atom. The van der Waals surface area contributed by atoms with Gasteiger partial charge in [0.2, 0.25) is 0 Å². The van der Waals surface area contributed by atoms with Crippen molar-refractivity contribution in [3.05, 3.63) is 30.3 Å². The molecule has 0 bridgehead atoms. The van der Waals surface area contributed by atoms with Gasteiger partial charge in [0.1, 0.15) is 5.54 Å². The van der Waals surface area contributed by atoms with Crippen LogP contribution in [0.25, 0.3) is 0 Å². The van der Waals surface area contributed by atoms with Gasteiger partial charge in [-0.05, 0) is 25.0 Å². The van der Waals surface area contributed by atoms with Crippen LogP contribution >= 0.6 is 0 Å². The van der Waals surface area contributed by atoms with Gasteiger partial charge in [-0.25, -0.2) is 0 Å². The first-order chi connectivity index (χ1) is 8.79. The standard InChI is InChI=1S/C15H17N3/c1-2-10-17-15(13-16)8-11-18(12-9-15)14-6-4-3-5-7-14/h1,3-7,17H,8-12H2. The van der Waals surface area contributed by atoms with Crippen molar-refractivity contribution in [1.82, 2.24) is 5.32 Å². The lowest BCUT2D eigenvalue weighted by atomic mass is 9.88. The van der Waals surface area contributed by atoms with Crippen molar-refractivity contribution < 1.29 is 0 Å². The van der Waals surface area contributed by atoms with E-state index in [0.29, 0.717) is 6.54 Å². The molecular weight excluding hydrogens is 222 g/mol. The normalized spacial score (nSPS) is 17.8. The summed E-state index contributed by atoms with van der Waals surface area (Å²) in [4.78, 5) is 2.31. The summed E-state index contributed by atoms with van der Waals surface area (Å²) in [6.07, 6.45) is 6.86. The molecule has 0 amide bonds. The Morgan fingerprint density at radius 1 is 1.28 bits per heavy atom. The molecule has 0 atom stereocenters. The number of para-hydroxylation sites is 1. The zero-order valence-electron chi connectivity index (χ0n) is 10.4. The lowest BCUT2D eigenvalue weighted by molar-refractivity contribution is 0.346. The van der Waals surface area contributed by atoms with Gasteiger partial charge in [-0.3, -0.25) is 5.32 Å². The molecule has 0 spiro atoms. The fourth-order valence-electron chi connectivity index (χ4n) is 2.33. The van der Waals surface area contributed by atoms with E-state index in [2.05, 4.69) is 34.3 Å². The molecule has 1 N–H and O–H groups in total. The Morgan fingerprint density at radius 3 is 2.50 bits per heavy atom. The summed E-state index contributed by atoms with van der Waals surface area (Å²) in [5, 5.41) is 12.5. The molecule has 0 saturated carbocycles. The third-order valence-corrected chi connectivity index (χ3v) is 3.48. The number of rotatable bonds is 3. The molecule has 0 unspecified atom stereocenters. The molecule has 0 aromatic heterocycles. The first kappa shape index (κ1) is 12.5. The fraction of sp³-hybridized carbons (Fsp3) is 0.400. The van der Waals surface area contributed by atoms with Crippen LogP contribution in [0.5, 0.6) is 0 Å². The van der Waals surface area contributed by atoms with E-state index >= 15 is 0 Å². The summed E-state index contributed by atoms with van der Waals surface area (Å²) in [6.45, 7) is 2.23. The average molecular weight is 239 g/mol. The lowest BCUT2D eigenvalue weighted by Gasteiger charge is -2.38. The summed E-state index contributed by atoms with van der Waals surface area (Å²) < 4.78 is 0. The minimum Gasteiger partial charge on any atom is -0.371 e. The van der Waals surface area contributed by atoms with Gasteiger partial charge in [0, 0.05) is 18.8 Å².